The van der Waals surface area contributed by atoms with Crippen LogP contribution in [-0.4, -0.2) is 20.7 Å². The molecule has 0 radical (unpaired) electrons. The Kier molecular flexibility index (Phi) is 3.79. The summed E-state index contributed by atoms with van der Waals surface area (Å²) in [5.41, 5.74) is 6.78. The molecule has 21 heavy (non-hydrogen) atoms. The van der Waals surface area contributed by atoms with Crippen LogP contribution in [-0.2, 0) is 0 Å². The van der Waals surface area contributed by atoms with Gasteiger partial charge in [-0.15, -0.1) is 0 Å². The summed E-state index contributed by atoms with van der Waals surface area (Å²) in [5.74, 6) is 0.0712. The first-order chi connectivity index (χ1) is 9.88. The number of aromatic nitrogens is 2. The molecule has 0 fully saturated rings. The van der Waals surface area contributed by atoms with Crippen LogP contribution in [0.3, 0.4) is 0 Å². The smallest absolute Gasteiger partial charge is 0.322 e. The molecule has 2 aromatic rings. The Bertz CT molecular complexity index is 730. The number of nitro groups is 1. The third-order valence-electron chi connectivity index (χ3n) is 2.80. The maximum atomic E-state index is 11.0. The van der Waals surface area contributed by atoms with Crippen molar-refractivity contribution in [3.8, 4) is 11.8 Å². The van der Waals surface area contributed by atoms with Gasteiger partial charge in [-0.25, -0.2) is 4.98 Å². The lowest BCUT2D eigenvalue weighted by Crippen LogP contribution is -2.13. The molecule has 3 N–H and O–H groups in total. The van der Waals surface area contributed by atoms with Crippen LogP contribution in [0, 0.1) is 29.4 Å². The van der Waals surface area contributed by atoms with E-state index >= 15 is 0 Å². The van der Waals surface area contributed by atoms with Gasteiger partial charge in [-0.2, -0.15) is 4.98 Å². The van der Waals surface area contributed by atoms with Crippen LogP contribution in [0.4, 0.5) is 5.69 Å². The van der Waals surface area contributed by atoms with Gasteiger partial charge < -0.3 is 10.5 Å². The molecule has 1 aromatic carbocycles. The second kappa shape index (κ2) is 5.53. The zero-order valence-electron chi connectivity index (χ0n) is 11.5. The van der Waals surface area contributed by atoms with Crippen molar-refractivity contribution in [1.29, 1.82) is 5.41 Å². The minimum atomic E-state index is -0.478. The second-order valence-corrected chi connectivity index (χ2v) is 4.40. The topological polar surface area (TPSA) is 128 Å². The van der Waals surface area contributed by atoms with E-state index in [1.165, 1.54) is 18.3 Å². The summed E-state index contributed by atoms with van der Waals surface area (Å²) in [4.78, 5) is 18.3. The fraction of sp³-hybridized carbons (Fsp3) is 0.154. The van der Waals surface area contributed by atoms with Crippen molar-refractivity contribution in [2.45, 2.75) is 13.8 Å². The number of nitrogens with two attached hydrogens (primary N) is 1. The molecule has 0 aliphatic heterocycles. The van der Waals surface area contributed by atoms with Crippen molar-refractivity contribution in [2.75, 3.05) is 0 Å². The number of hydrogen-bond acceptors (Lipinski definition) is 6. The summed E-state index contributed by atoms with van der Waals surface area (Å²) in [6.45, 7) is 3.42. The van der Waals surface area contributed by atoms with Crippen LogP contribution >= 0.6 is 0 Å². The maximum Gasteiger partial charge on any atom is 0.322 e. The standard InChI is InChI=1S/C13H13N5O3/c1-7-5-8(2)11(6-10(7)18(19)20)21-13-16-4-3-9(17-13)12(14)15/h3-6H,1-2H3,(H3,14,15). The summed E-state index contributed by atoms with van der Waals surface area (Å²) in [6, 6.07) is 4.43. The van der Waals surface area contributed by atoms with E-state index in [0.29, 0.717) is 5.56 Å². The second-order valence-electron chi connectivity index (χ2n) is 4.40. The first kappa shape index (κ1) is 14.4. The molecule has 108 valence electrons. The van der Waals surface area contributed by atoms with Crippen molar-refractivity contribution in [1.82, 2.24) is 9.97 Å². The molecule has 0 unspecified atom stereocenters. The average Bonchev–Trinajstić information content (AvgIpc) is 2.41. The first-order valence-corrected chi connectivity index (χ1v) is 5.99. The predicted molar refractivity (Wildman–Crippen MR) is 75.7 cm³/mol. The number of rotatable bonds is 4. The van der Waals surface area contributed by atoms with Crippen LogP contribution < -0.4 is 10.5 Å². The highest BCUT2D eigenvalue weighted by Gasteiger charge is 2.16. The molecule has 0 bridgehead atoms. The molecule has 8 nitrogen and oxygen atoms in total. The van der Waals surface area contributed by atoms with E-state index in [4.69, 9.17) is 15.9 Å². The Morgan fingerprint density at radius 1 is 1.38 bits per heavy atom. The van der Waals surface area contributed by atoms with Crippen LogP contribution in [0.5, 0.6) is 11.8 Å². The van der Waals surface area contributed by atoms with Gasteiger partial charge in [0.25, 0.3) is 5.69 Å². The molecule has 0 amide bonds. The van der Waals surface area contributed by atoms with Gasteiger partial charge in [0.2, 0.25) is 0 Å². The fourth-order valence-corrected chi connectivity index (χ4v) is 1.77. The van der Waals surface area contributed by atoms with Crippen molar-refractivity contribution in [3.05, 3.63) is 51.3 Å². The van der Waals surface area contributed by atoms with E-state index < -0.39 is 4.92 Å². The molecule has 0 atom stereocenters. The molecular weight excluding hydrogens is 274 g/mol. The number of nitrogen functional groups attached to an aromatic ring is 1. The van der Waals surface area contributed by atoms with Gasteiger partial charge in [-0.3, -0.25) is 15.5 Å². The quantitative estimate of drug-likeness (QED) is 0.383. The lowest BCUT2D eigenvalue weighted by molar-refractivity contribution is -0.385. The molecule has 1 aromatic heterocycles. The summed E-state index contributed by atoms with van der Waals surface area (Å²) >= 11 is 0. The van der Waals surface area contributed by atoms with Crippen LogP contribution in [0.15, 0.2) is 24.4 Å². The third kappa shape index (κ3) is 3.11. The van der Waals surface area contributed by atoms with E-state index in [0.717, 1.165) is 5.56 Å². The lowest BCUT2D eigenvalue weighted by Gasteiger charge is -2.09. The molecule has 2 rings (SSSR count). The highest BCUT2D eigenvalue weighted by atomic mass is 16.6. The normalized spacial score (nSPS) is 10.2. The Balaban J connectivity index is 2.39. The van der Waals surface area contributed by atoms with Crippen LogP contribution in [0.25, 0.3) is 0 Å². The fourth-order valence-electron chi connectivity index (χ4n) is 1.77. The number of nitrogens with zero attached hydrogens (tertiary/aromatic N) is 3. The minimum absolute atomic E-state index is 0.0241. The highest BCUT2D eigenvalue weighted by Crippen LogP contribution is 2.30. The van der Waals surface area contributed by atoms with Gasteiger partial charge in [0, 0.05) is 11.8 Å². The number of nitrogens with one attached hydrogen (secondary N) is 1. The lowest BCUT2D eigenvalue weighted by atomic mass is 10.1. The number of amidine groups is 1. The molecule has 0 spiro atoms. The van der Waals surface area contributed by atoms with E-state index in [1.807, 2.05) is 0 Å². The summed E-state index contributed by atoms with van der Waals surface area (Å²) < 4.78 is 5.47. The van der Waals surface area contributed by atoms with Crippen molar-refractivity contribution >= 4 is 11.5 Å². The van der Waals surface area contributed by atoms with Crippen molar-refractivity contribution < 1.29 is 9.66 Å². The van der Waals surface area contributed by atoms with E-state index in [1.54, 1.807) is 19.9 Å². The number of benzene rings is 1. The van der Waals surface area contributed by atoms with Crippen molar-refractivity contribution in [3.63, 3.8) is 0 Å². The average molecular weight is 287 g/mol. The Morgan fingerprint density at radius 3 is 2.71 bits per heavy atom. The summed E-state index contributed by atoms with van der Waals surface area (Å²) in [5, 5.41) is 18.3. The summed E-state index contributed by atoms with van der Waals surface area (Å²) in [7, 11) is 0. The summed E-state index contributed by atoms with van der Waals surface area (Å²) in [6.07, 6.45) is 1.40. The Hall–Kier alpha value is -3.03. The number of hydrogen-bond donors (Lipinski definition) is 2. The van der Waals surface area contributed by atoms with Crippen LogP contribution in [0.2, 0.25) is 0 Å². The van der Waals surface area contributed by atoms with Gasteiger partial charge in [0.15, 0.2) is 0 Å². The van der Waals surface area contributed by atoms with Crippen molar-refractivity contribution in [2.24, 2.45) is 5.73 Å². The largest absolute Gasteiger partial charge is 0.424 e. The van der Waals surface area contributed by atoms with E-state index in [-0.39, 0.29) is 29.0 Å². The number of nitro benzene ring substituents is 1. The zero-order valence-corrected chi connectivity index (χ0v) is 11.5. The van der Waals surface area contributed by atoms with Gasteiger partial charge in [-0.05, 0) is 31.5 Å². The van der Waals surface area contributed by atoms with E-state index in [2.05, 4.69) is 9.97 Å². The highest BCUT2D eigenvalue weighted by molar-refractivity contribution is 5.92. The molecule has 0 aliphatic carbocycles. The van der Waals surface area contributed by atoms with Crippen LogP contribution in [0.1, 0.15) is 16.8 Å². The van der Waals surface area contributed by atoms with Gasteiger partial charge in [0.1, 0.15) is 17.3 Å². The van der Waals surface area contributed by atoms with Gasteiger partial charge >= 0.3 is 6.01 Å². The molecule has 0 saturated carbocycles. The molecule has 0 saturated heterocycles. The predicted octanol–water partition coefficient (Wildman–Crippen LogP) is 2.08. The molecule has 1 heterocycles. The number of aryl methyl sites for hydroxylation is 2. The SMILES string of the molecule is Cc1cc(C)c([N+](=O)[O-])cc1Oc1nccc(C(=N)N)n1. The minimum Gasteiger partial charge on any atom is -0.424 e. The number of ether oxygens (including phenoxy) is 1. The zero-order chi connectivity index (χ0) is 15.6. The monoisotopic (exact) mass is 287 g/mol. The molecule has 0 aliphatic rings. The maximum absolute atomic E-state index is 11.0. The molecular formula is C13H13N5O3. The van der Waals surface area contributed by atoms with E-state index in [9.17, 15) is 10.1 Å². The third-order valence-corrected chi connectivity index (χ3v) is 2.80. The molecule has 8 heteroatoms. The Morgan fingerprint density at radius 2 is 2.10 bits per heavy atom. The Labute approximate surface area is 120 Å². The first-order valence-electron chi connectivity index (χ1n) is 5.99. The van der Waals surface area contributed by atoms with Gasteiger partial charge in [-0.1, -0.05) is 0 Å². The van der Waals surface area contributed by atoms with Gasteiger partial charge in [0.05, 0.1) is 11.0 Å².